The van der Waals surface area contributed by atoms with Gasteiger partial charge in [0.05, 0.1) is 23.6 Å². The van der Waals surface area contributed by atoms with E-state index in [2.05, 4.69) is 0 Å². The number of nitrogens with zero attached hydrogens (tertiary/aromatic N) is 1. The standard InChI is InChI=1S/C14H22N2O3/c1-14(2,3)19-9-8-16(10-13(17)18)12-7-5-4-6-11(12)15/h4-7H,8-10,15H2,1-3H3,(H,17,18). The minimum Gasteiger partial charge on any atom is -0.480 e. The van der Waals surface area contributed by atoms with Crippen LogP contribution in [0.5, 0.6) is 0 Å². The summed E-state index contributed by atoms with van der Waals surface area (Å²) in [5.74, 6) is -0.890. The fraction of sp³-hybridized carbons (Fsp3) is 0.500. The molecule has 0 amide bonds. The van der Waals surface area contributed by atoms with Crippen molar-refractivity contribution >= 4 is 17.3 Å². The van der Waals surface area contributed by atoms with Crippen molar-refractivity contribution in [2.45, 2.75) is 26.4 Å². The van der Waals surface area contributed by atoms with Crippen LogP contribution in [0.25, 0.3) is 0 Å². The summed E-state index contributed by atoms with van der Waals surface area (Å²) in [4.78, 5) is 12.6. The van der Waals surface area contributed by atoms with Crippen LogP contribution in [0.1, 0.15) is 20.8 Å². The highest BCUT2D eigenvalue weighted by Crippen LogP contribution is 2.22. The molecule has 0 fully saturated rings. The van der Waals surface area contributed by atoms with E-state index in [0.717, 1.165) is 5.69 Å². The van der Waals surface area contributed by atoms with Crippen molar-refractivity contribution in [1.29, 1.82) is 0 Å². The summed E-state index contributed by atoms with van der Waals surface area (Å²) >= 11 is 0. The fourth-order valence-corrected chi connectivity index (χ4v) is 1.69. The Kier molecular flexibility index (Phi) is 5.18. The Bertz CT molecular complexity index is 427. The van der Waals surface area contributed by atoms with E-state index in [9.17, 15) is 4.79 Å². The number of carboxylic acid groups (broad SMARTS) is 1. The van der Waals surface area contributed by atoms with Crippen molar-refractivity contribution in [1.82, 2.24) is 0 Å². The number of rotatable bonds is 6. The van der Waals surface area contributed by atoms with Crippen LogP contribution in [-0.4, -0.2) is 36.4 Å². The smallest absolute Gasteiger partial charge is 0.323 e. The van der Waals surface area contributed by atoms with Gasteiger partial charge in [-0.15, -0.1) is 0 Å². The number of anilines is 2. The summed E-state index contributed by atoms with van der Waals surface area (Å²) in [5, 5.41) is 8.97. The first-order valence-electron chi connectivity index (χ1n) is 6.25. The van der Waals surface area contributed by atoms with Crippen molar-refractivity contribution < 1.29 is 14.6 Å². The van der Waals surface area contributed by atoms with Gasteiger partial charge in [0.15, 0.2) is 0 Å². The molecule has 0 spiro atoms. The van der Waals surface area contributed by atoms with E-state index >= 15 is 0 Å². The molecule has 0 aliphatic rings. The molecule has 0 saturated carbocycles. The lowest BCUT2D eigenvalue weighted by atomic mass is 10.2. The summed E-state index contributed by atoms with van der Waals surface area (Å²) < 4.78 is 5.63. The first kappa shape index (κ1) is 15.3. The highest BCUT2D eigenvalue weighted by molar-refractivity contribution is 5.77. The molecule has 0 aromatic heterocycles. The fourth-order valence-electron chi connectivity index (χ4n) is 1.69. The number of hydrogen-bond donors (Lipinski definition) is 2. The van der Waals surface area contributed by atoms with Gasteiger partial charge in [0, 0.05) is 6.54 Å². The van der Waals surface area contributed by atoms with Gasteiger partial charge >= 0.3 is 5.97 Å². The largest absolute Gasteiger partial charge is 0.480 e. The maximum absolute atomic E-state index is 10.9. The van der Waals surface area contributed by atoms with Crippen LogP contribution in [0.4, 0.5) is 11.4 Å². The third-order valence-corrected chi connectivity index (χ3v) is 2.50. The van der Waals surface area contributed by atoms with Crippen molar-refractivity contribution in [3.63, 3.8) is 0 Å². The molecule has 0 unspecified atom stereocenters. The summed E-state index contributed by atoms with van der Waals surface area (Å²) in [6, 6.07) is 7.23. The molecular formula is C14H22N2O3. The lowest BCUT2D eigenvalue weighted by Crippen LogP contribution is -2.35. The number of ether oxygens (including phenoxy) is 1. The molecule has 3 N–H and O–H groups in total. The van der Waals surface area contributed by atoms with E-state index in [4.69, 9.17) is 15.6 Å². The summed E-state index contributed by atoms with van der Waals surface area (Å²) in [6.45, 7) is 6.73. The van der Waals surface area contributed by atoms with Gasteiger partial charge in [-0.2, -0.15) is 0 Å². The van der Waals surface area contributed by atoms with Crippen molar-refractivity contribution in [2.24, 2.45) is 0 Å². The predicted molar refractivity (Wildman–Crippen MR) is 76.4 cm³/mol. The summed E-state index contributed by atoms with van der Waals surface area (Å²) in [6.07, 6.45) is 0. The van der Waals surface area contributed by atoms with Gasteiger partial charge in [0.25, 0.3) is 0 Å². The average Bonchev–Trinajstić information content (AvgIpc) is 2.26. The van der Waals surface area contributed by atoms with E-state index in [-0.39, 0.29) is 12.1 Å². The number of aliphatic carboxylic acids is 1. The van der Waals surface area contributed by atoms with Crippen LogP contribution in [0, 0.1) is 0 Å². The van der Waals surface area contributed by atoms with Crippen LogP contribution in [0.2, 0.25) is 0 Å². The molecule has 1 rings (SSSR count). The second kappa shape index (κ2) is 6.43. The predicted octanol–water partition coefficient (Wildman–Crippen LogP) is 1.97. The van der Waals surface area contributed by atoms with Crippen LogP contribution in [0.15, 0.2) is 24.3 Å². The summed E-state index contributed by atoms with van der Waals surface area (Å²) in [7, 11) is 0. The van der Waals surface area contributed by atoms with Gasteiger partial charge in [-0.05, 0) is 32.9 Å². The third-order valence-electron chi connectivity index (χ3n) is 2.50. The Morgan fingerprint density at radius 1 is 1.37 bits per heavy atom. The number of nitrogen functional groups attached to an aromatic ring is 1. The zero-order chi connectivity index (χ0) is 14.5. The highest BCUT2D eigenvalue weighted by Gasteiger charge is 2.15. The zero-order valence-electron chi connectivity index (χ0n) is 11.7. The van der Waals surface area contributed by atoms with E-state index < -0.39 is 5.97 Å². The Balaban J connectivity index is 2.73. The molecule has 1 aromatic carbocycles. The molecule has 0 aliphatic carbocycles. The summed E-state index contributed by atoms with van der Waals surface area (Å²) in [5.41, 5.74) is 6.93. The first-order valence-corrected chi connectivity index (χ1v) is 6.25. The first-order chi connectivity index (χ1) is 8.79. The Labute approximate surface area is 114 Å². The third kappa shape index (κ3) is 5.61. The molecular weight excluding hydrogens is 244 g/mol. The van der Waals surface area contributed by atoms with Gasteiger partial charge < -0.3 is 20.5 Å². The van der Waals surface area contributed by atoms with Crippen LogP contribution >= 0.6 is 0 Å². The molecule has 0 bridgehead atoms. The lowest BCUT2D eigenvalue weighted by Gasteiger charge is -2.26. The van der Waals surface area contributed by atoms with Gasteiger partial charge in [-0.3, -0.25) is 4.79 Å². The maximum Gasteiger partial charge on any atom is 0.323 e. The second-order valence-electron chi connectivity index (χ2n) is 5.33. The van der Waals surface area contributed by atoms with Gasteiger partial charge in [0.2, 0.25) is 0 Å². The second-order valence-corrected chi connectivity index (χ2v) is 5.33. The zero-order valence-corrected chi connectivity index (χ0v) is 11.7. The van der Waals surface area contributed by atoms with E-state index in [0.29, 0.717) is 18.8 Å². The van der Waals surface area contributed by atoms with Gasteiger partial charge in [-0.25, -0.2) is 0 Å². The Hall–Kier alpha value is -1.75. The minimum absolute atomic E-state index is 0.0955. The number of para-hydroxylation sites is 2. The van der Waals surface area contributed by atoms with Crippen molar-refractivity contribution in [3.05, 3.63) is 24.3 Å². The van der Waals surface area contributed by atoms with E-state index in [1.54, 1.807) is 11.0 Å². The number of hydrogen-bond acceptors (Lipinski definition) is 4. The van der Waals surface area contributed by atoms with E-state index in [1.807, 2.05) is 39.0 Å². The molecule has 0 radical (unpaired) electrons. The highest BCUT2D eigenvalue weighted by atomic mass is 16.5. The van der Waals surface area contributed by atoms with Gasteiger partial charge in [-0.1, -0.05) is 12.1 Å². The molecule has 106 valence electrons. The lowest BCUT2D eigenvalue weighted by molar-refractivity contribution is -0.135. The molecule has 5 heteroatoms. The van der Waals surface area contributed by atoms with Crippen LogP contribution in [-0.2, 0) is 9.53 Å². The molecule has 5 nitrogen and oxygen atoms in total. The van der Waals surface area contributed by atoms with Gasteiger partial charge in [0.1, 0.15) is 6.54 Å². The molecule has 0 heterocycles. The number of carboxylic acids is 1. The van der Waals surface area contributed by atoms with Crippen LogP contribution < -0.4 is 10.6 Å². The molecule has 0 aliphatic heterocycles. The Morgan fingerprint density at radius 3 is 2.53 bits per heavy atom. The average molecular weight is 266 g/mol. The van der Waals surface area contributed by atoms with Crippen molar-refractivity contribution in [2.75, 3.05) is 30.3 Å². The topological polar surface area (TPSA) is 75.8 Å². The molecule has 1 aromatic rings. The molecule has 0 atom stereocenters. The maximum atomic E-state index is 10.9. The number of benzene rings is 1. The molecule has 0 saturated heterocycles. The molecule has 19 heavy (non-hydrogen) atoms. The monoisotopic (exact) mass is 266 g/mol. The number of carbonyl (C=O) groups is 1. The SMILES string of the molecule is CC(C)(C)OCCN(CC(=O)O)c1ccccc1N. The number of nitrogens with two attached hydrogens (primary N) is 1. The normalized spacial score (nSPS) is 11.3. The minimum atomic E-state index is -0.890. The Morgan fingerprint density at radius 2 is 2.00 bits per heavy atom. The van der Waals surface area contributed by atoms with Crippen LogP contribution in [0.3, 0.4) is 0 Å². The van der Waals surface area contributed by atoms with E-state index in [1.165, 1.54) is 0 Å². The van der Waals surface area contributed by atoms with Crippen molar-refractivity contribution in [3.8, 4) is 0 Å². The quantitative estimate of drug-likeness (QED) is 0.770.